The second kappa shape index (κ2) is 3.05. The van der Waals surface area contributed by atoms with Crippen LogP contribution >= 0.6 is 0 Å². The van der Waals surface area contributed by atoms with Gasteiger partial charge in [-0.1, -0.05) is 0 Å². The summed E-state index contributed by atoms with van der Waals surface area (Å²) >= 11 is 0. The molecule has 68 valence electrons. The van der Waals surface area contributed by atoms with E-state index in [0.717, 1.165) is 11.5 Å². The molecule has 0 aliphatic rings. The normalized spacial score (nSPS) is 10.6. The first-order valence-electron chi connectivity index (χ1n) is 4.16. The van der Waals surface area contributed by atoms with Crippen LogP contribution in [0.25, 0.3) is 0 Å². The highest BCUT2D eigenvalue weighted by molar-refractivity contribution is 5.05. The van der Waals surface area contributed by atoms with Crippen molar-refractivity contribution in [1.82, 2.24) is 14.8 Å². The minimum absolute atomic E-state index is 0.599. The molecule has 0 spiro atoms. The second-order valence-corrected chi connectivity index (χ2v) is 2.95. The Morgan fingerprint density at radius 3 is 2.85 bits per heavy atom. The quantitative estimate of drug-likeness (QED) is 0.698. The highest BCUT2D eigenvalue weighted by Gasteiger charge is 2.05. The predicted octanol–water partition coefficient (Wildman–Crippen LogP) is 1.54. The van der Waals surface area contributed by atoms with E-state index in [2.05, 4.69) is 10.1 Å². The lowest BCUT2D eigenvalue weighted by molar-refractivity contribution is 0.446. The van der Waals surface area contributed by atoms with Crippen LogP contribution in [0.15, 0.2) is 22.9 Å². The van der Waals surface area contributed by atoms with Gasteiger partial charge in [0.15, 0.2) is 0 Å². The minimum atomic E-state index is 0.599. The Kier molecular flexibility index (Phi) is 1.88. The molecular formula is C9H11N3O. The zero-order valence-corrected chi connectivity index (χ0v) is 7.69. The summed E-state index contributed by atoms with van der Waals surface area (Å²) in [7, 11) is 0. The lowest BCUT2D eigenvalue weighted by Crippen LogP contribution is -1.99. The summed E-state index contributed by atoms with van der Waals surface area (Å²) in [6.45, 7) is 4.45. The molecule has 0 bridgehead atoms. The number of aryl methyl sites for hydroxylation is 2. The average Bonchev–Trinajstić information content (AvgIpc) is 2.64. The molecule has 0 saturated heterocycles. The van der Waals surface area contributed by atoms with Crippen LogP contribution in [0.1, 0.15) is 17.3 Å². The molecule has 0 aliphatic carbocycles. The third-order valence-electron chi connectivity index (χ3n) is 1.93. The minimum Gasteiger partial charge on any atom is -0.444 e. The van der Waals surface area contributed by atoms with Crippen molar-refractivity contribution in [3.05, 3.63) is 35.8 Å². The second-order valence-electron chi connectivity index (χ2n) is 2.95. The molecular weight excluding hydrogens is 166 g/mol. The molecule has 4 heteroatoms. The maximum Gasteiger partial charge on any atom is 0.216 e. The highest BCUT2D eigenvalue weighted by Crippen LogP contribution is 2.08. The van der Waals surface area contributed by atoms with Crippen LogP contribution in [0.2, 0.25) is 0 Å². The van der Waals surface area contributed by atoms with Crippen LogP contribution < -0.4 is 0 Å². The zero-order chi connectivity index (χ0) is 9.26. The molecule has 4 nitrogen and oxygen atoms in total. The summed E-state index contributed by atoms with van der Waals surface area (Å²) in [5.74, 6) is 1.58. The smallest absolute Gasteiger partial charge is 0.216 e. The number of hydrogen-bond donors (Lipinski definition) is 0. The fourth-order valence-electron chi connectivity index (χ4n) is 1.14. The van der Waals surface area contributed by atoms with Crippen LogP contribution in [0.3, 0.4) is 0 Å². The van der Waals surface area contributed by atoms with E-state index in [0.29, 0.717) is 12.4 Å². The molecule has 2 aromatic heterocycles. The first-order chi connectivity index (χ1) is 6.25. The van der Waals surface area contributed by atoms with Gasteiger partial charge >= 0.3 is 0 Å². The first kappa shape index (κ1) is 8.04. The van der Waals surface area contributed by atoms with Gasteiger partial charge < -0.3 is 4.42 Å². The standard InChI is InChI=1S/C9H11N3O/c1-7-8(2)13-9(11-7)6-12-5-3-4-10-12/h3-5H,6H2,1-2H3. The SMILES string of the molecule is Cc1nc(Cn2cccn2)oc1C. The molecule has 13 heavy (non-hydrogen) atoms. The molecule has 2 heterocycles. The molecule has 0 atom stereocenters. The van der Waals surface area contributed by atoms with Crippen molar-refractivity contribution in [3.8, 4) is 0 Å². The van der Waals surface area contributed by atoms with Crippen molar-refractivity contribution < 1.29 is 4.42 Å². The Balaban J connectivity index is 2.19. The van der Waals surface area contributed by atoms with E-state index in [-0.39, 0.29) is 0 Å². The largest absolute Gasteiger partial charge is 0.444 e. The number of oxazole rings is 1. The number of hydrogen-bond acceptors (Lipinski definition) is 3. The van der Waals surface area contributed by atoms with E-state index in [4.69, 9.17) is 4.42 Å². The summed E-state index contributed by atoms with van der Waals surface area (Å²) in [6.07, 6.45) is 3.62. The third-order valence-corrected chi connectivity index (χ3v) is 1.93. The monoisotopic (exact) mass is 177 g/mol. The Labute approximate surface area is 76.2 Å². The lowest BCUT2D eigenvalue weighted by Gasteiger charge is -1.94. The highest BCUT2D eigenvalue weighted by atomic mass is 16.4. The van der Waals surface area contributed by atoms with E-state index in [1.54, 1.807) is 10.9 Å². The molecule has 0 saturated carbocycles. The molecule has 0 aromatic carbocycles. The molecule has 0 N–H and O–H groups in total. The first-order valence-corrected chi connectivity index (χ1v) is 4.16. The average molecular weight is 177 g/mol. The Hall–Kier alpha value is -1.58. The summed E-state index contributed by atoms with van der Waals surface area (Å²) in [5, 5.41) is 4.07. The van der Waals surface area contributed by atoms with Crippen LogP contribution in [-0.4, -0.2) is 14.8 Å². The number of aromatic nitrogens is 3. The van der Waals surface area contributed by atoms with Crippen molar-refractivity contribution in [3.63, 3.8) is 0 Å². The number of rotatable bonds is 2. The van der Waals surface area contributed by atoms with Gasteiger partial charge in [-0.25, -0.2) is 4.98 Å². The molecule has 0 fully saturated rings. The molecule has 0 aliphatic heterocycles. The van der Waals surface area contributed by atoms with Gasteiger partial charge in [0.25, 0.3) is 0 Å². The van der Waals surface area contributed by atoms with Crippen molar-refractivity contribution in [1.29, 1.82) is 0 Å². The van der Waals surface area contributed by atoms with Gasteiger partial charge in [0.1, 0.15) is 12.3 Å². The van der Waals surface area contributed by atoms with Crippen LogP contribution in [0.4, 0.5) is 0 Å². The Bertz CT molecular complexity index is 369. The van der Waals surface area contributed by atoms with Gasteiger partial charge in [-0.15, -0.1) is 0 Å². The van der Waals surface area contributed by atoms with E-state index < -0.39 is 0 Å². The van der Waals surface area contributed by atoms with E-state index in [9.17, 15) is 0 Å². The molecule has 0 amide bonds. The van der Waals surface area contributed by atoms with Gasteiger partial charge in [-0.05, 0) is 19.9 Å². The lowest BCUT2D eigenvalue weighted by atomic mass is 10.4. The zero-order valence-electron chi connectivity index (χ0n) is 7.69. The van der Waals surface area contributed by atoms with Gasteiger partial charge in [-0.3, -0.25) is 4.68 Å². The summed E-state index contributed by atoms with van der Waals surface area (Å²) in [6, 6.07) is 1.88. The van der Waals surface area contributed by atoms with Crippen LogP contribution in [0.5, 0.6) is 0 Å². The fraction of sp³-hybridized carbons (Fsp3) is 0.333. The van der Waals surface area contributed by atoms with Crippen molar-refractivity contribution >= 4 is 0 Å². The van der Waals surface area contributed by atoms with Gasteiger partial charge in [0, 0.05) is 12.4 Å². The van der Waals surface area contributed by atoms with E-state index in [1.807, 2.05) is 26.1 Å². The Morgan fingerprint density at radius 2 is 2.31 bits per heavy atom. The summed E-state index contributed by atoms with van der Waals surface area (Å²) < 4.78 is 7.20. The Morgan fingerprint density at radius 1 is 1.46 bits per heavy atom. The summed E-state index contributed by atoms with van der Waals surface area (Å²) in [4.78, 5) is 4.26. The molecule has 2 aromatic rings. The maximum atomic E-state index is 5.42. The molecule has 2 rings (SSSR count). The van der Waals surface area contributed by atoms with E-state index in [1.165, 1.54) is 0 Å². The summed E-state index contributed by atoms with van der Waals surface area (Å²) in [5.41, 5.74) is 0.946. The topological polar surface area (TPSA) is 43.9 Å². The van der Waals surface area contributed by atoms with Crippen molar-refractivity contribution in [2.24, 2.45) is 0 Å². The predicted molar refractivity (Wildman–Crippen MR) is 47.3 cm³/mol. The number of nitrogens with zero attached hydrogens (tertiary/aromatic N) is 3. The van der Waals surface area contributed by atoms with Gasteiger partial charge in [0.2, 0.25) is 5.89 Å². The molecule has 0 radical (unpaired) electrons. The van der Waals surface area contributed by atoms with Gasteiger partial charge in [-0.2, -0.15) is 5.10 Å². The molecule has 0 unspecified atom stereocenters. The fourth-order valence-corrected chi connectivity index (χ4v) is 1.14. The van der Waals surface area contributed by atoms with Crippen molar-refractivity contribution in [2.45, 2.75) is 20.4 Å². The third kappa shape index (κ3) is 1.61. The van der Waals surface area contributed by atoms with E-state index >= 15 is 0 Å². The van der Waals surface area contributed by atoms with Crippen LogP contribution in [0, 0.1) is 13.8 Å². The van der Waals surface area contributed by atoms with Crippen molar-refractivity contribution in [2.75, 3.05) is 0 Å². The van der Waals surface area contributed by atoms with Gasteiger partial charge in [0.05, 0.1) is 5.69 Å². The maximum absolute atomic E-state index is 5.42. The van der Waals surface area contributed by atoms with Crippen LogP contribution in [-0.2, 0) is 6.54 Å².